The van der Waals surface area contributed by atoms with Crippen molar-refractivity contribution in [1.82, 2.24) is 24.5 Å². The maximum Gasteiger partial charge on any atom is 0.158 e. The maximum atomic E-state index is 8.37. The van der Waals surface area contributed by atoms with E-state index in [1.807, 2.05) is 122 Å². The fourth-order valence-electron chi connectivity index (χ4n) is 5.11. The Balaban J connectivity index is 0.000000231. The minimum Gasteiger partial charge on any atom is -0.501 e. The van der Waals surface area contributed by atoms with Crippen molar-refractivity contribution in [3.05, 3.63) is 140 Å². The fourth-order valence-corrected chi connectivity index (χ4v) is 5.11. The average molecular weight is 751 g/mol. The molecule has 44 heavy (non-hydrogen) atoms. The van der Waals surface area contributed by atoms with Gasteiger partial charge in [0.2, 0.25) is 0 Å². The summed E-state index contributed by atoms with van der Waals surface area (Å²) in [5.74, 6) is -0.0142. The number of hydrogen-bond acceptors (Lipinski definition) is 5. The van der Waals surface area contributed by atoms with Crippen LogP contribution in [0.15, 0.2) is 126 Å². The number of fused-ring (bicyclic) bond motifs is 4. The number of rotatable bonds is 4. The third kappa shape index (κ3) is 5.55. The summed E-state index contributed by atoms with van der Waals surface area (Å²) in [6.07, 6.45) is 5.03. The van der Waals surface area contributed by atoms with Gasteiger partial charge in [-0.05, 0) is 41.4 Å². The Bertz CT molecular complexity index is 2170. The van der Waals surface area contributed by atoms with E-state index >= 15 is 0 Å². The van der Waals surface area contributed by atoms with E-state index in [0.717, 1.165) is 50.1 Å². The van der Waals surface area contributed by atoms with Gasteiger partial charge < -0.3 is 14.0 Å². The van der Waals surface area contributed by atoms with Crippen LogP contribution >= 0.6 is 0 Å². The van der Waals surface area contributed by atoms with Gasteiger partial charge in [-0.25, -0.2) is 9.97 Å². The normalized spacial score (nSPS) is 11.5. The van der Waals surface area contributed by atoms with Crippen LogP contribution in [0.5, 0.6) is 0 Å². The number of benzene rings is 4. The van der Waals surface area contributed by atoms with Gasteiger partial charge in [0.1, 0.15) is 17.4 Å². The van der Waals surface area contributed by atoms with Crippen molar-refractivity contribution in [2.45, 2.75) is 19.7 Å². The molecule has 8 rings (SSSR count). The van der Waals surface area contributed by atoms with Gasteiger partial charge in [-0.2, -0.15) is 0 Å². The van der Waals surface area contributed by atoms with E-state index < -0.39 is 5.89 Å². The van der Waals surface area contributed by atoms with Crippen molar-refractivity contribution in [3.63, 3.8) is 0 Å². The van der Waals surface area contributed by atoms with Crippen LogP contribution in [-0.2, 0) is 20.1 Å². The summed E-state index contributed by atoms with van der Waals surface area (Å²) in [5.41, 5.74) is 7.50. The zero-order valence-electron chi connectivity index (χ0n) is 25.0. The molecule has 0 bridgehead atoms. The molecule has 0 unspecified atom stereocenters. The zero-order valence-corrected chi connectivity index (χ0v) is 26.4. The molecule has 7 heteroatoms. The molecule has 0 saturated heterocycles. The van der Waals surface area contributed by atoms with Crippen molar-refractivity contribution in [1.29, 1.82) is 0 Å². The Morgan fingerprint density at radius 1 is 0.841 bits per heavy atom. The molecule has 0 fully saturated rings. The van der Waals surface area contributed by atoms with Crippen LogP contribution in [0.2, 0.25) is 0 Å². The Labute approximate surface area is 270 Å². The van der Waals surface area contributed by atoms with Crippen molar-refractivity contribution >= 4 is 33.1 Å². The Morgan fingerprint density at radius 2 is 1.68 bits per heavy atom. The van der Waals surface area contributed by atoms with Gasteiger partial charge >= 0.3 is 0 Å². The van der Waals surface area contributed by atoms with Crippen LogP contribution in [0, 0.1) is 12.1 Å². The van der Waals surface area contributed by atoms with E-state index in [2.05, 4.69) is 27.1 Å². The van der Waals surface area contributed by atoms with Crippen LogP contribution in [0.3, 0.4) is 0 Å². The molecule has 4 aromatic heterocycles. The summed E-state index contributed by atoms with van der Waals surface area (Å²) in [6.45, 7) is 3.75. The fraction of sp³-hybridized carbons (Fsp3) is 0.0811. The summed E-state index contributed by atoms with van der Waals surface area (Å²) < 4.78 is 16.7. The second kappa shape index (κ2) is 12.7. The molecule has 0 atom stereocenters. The summed E-state index contributed by atoms with van der Waals surface area (Å²) in [4.78, 5) is 17.7. The Kier molecular flexibility index (Phi) is 8.05. The summed E-state index contributed by atoms with van der Waals surface area (Å²) in [6, 6.07) is 40.0. The first-order valence-corrected chi connectivity index (χ1v) is 14.0. The largest absolute Gasteiger partial charge is 0.501 e. The predicted octanol–water partition coefficient (Wildman–Crippen LogP) is 8.85. The summed E-state index contributed by atoms with van der Waals surface area (Å²) in [5, 5.41) is 1.99. The van der Waals surface area contributed by atoms with Crippen LogP contribution in [-0.4, -0.2) is 24.5 Å². The number of para-hydroxylation sites is 1. The van der Waals surface area contributed by atoms with Gasteiger partial charge in [0.15, 0.2) is 5.65 Å². The average Bonchev–Trinajstić information content (AvgIpc) is 3.64. The van der Waals surface area contributed by atoms with Crippen LogP contribution < -0.4 is 0 Å². The number of imidazole rings is 1. The summed E-state index contributed by atoms with van der Waals surface area (Å²) in [7, 11) is 0. The smallest absolute Gasteiger partial charge is 0.158 e. The molecule has 1 radical (unpaired) electrons. The molecule has 0 aliphatic carbocycles. The first-order valence-electron chi connectivity index (χ1n) is 14.5. The molecule has 0 aliphatic heterocycles. The molecule has 4 heterocycles. The Hall–Kier alpha value is -4.97. The second-order valence-corrected chi connectivity index (χ2v) is 10.2. The second-order valence-electron chi connectivity index (χ2n) is 10.2. The van der Waals surface area contributed by atoms with Gasteiger partial charge in [0.05, 0.1) is 17.6 Å². The van der Waals surface area contributed by atoms with Crippen molar-refractivity contribution in [3.8, 4) is 28.3 Å². The minimum atomic E-state index is -0.706. The van der Waals surface area contributed by atoms with E-state index in [1.165, 1.54) is 6.33 Å². The molecule has 0 saturated carbocycles. The summed E-state index contributed by atoms with van der Waals surface area (Å²) >= 11 is 0. The van der Waals surface area contributed by atoms with Gasteiger partial charge in [0.25, 0.3) is 0 Å². The molecule has 0 spiro atoms. The number of aromatic nitrogens is 5. The van der Waals surface area contributed by atoms with Crippen LogP contribution in [0.4, 0.5) is 0 Å². The molecule has 4 aromatic carbocycles. The number of furan rings is 1. The standard InChI is InChI=1S/C26H19N4O.C11H8N.Ir/c1-16(2)17-11-12-19-20-9-6-10-21(24(20)31-23(19)13-17)25-29-22-14-27-15-28-26(22)30(25)18-7-4-3-5-8-18;1-2-6-10(7-3-1)11-8-4-5-9-12-11;/h3-9,11-16H,1-2H3;1-6,8-9H;/q2*-1;/i16D;;. The van der Waals surface area contributed by atoms with Gasteiger partial charge in [-0.1, -0.05) is 67.3 Å². The first-order chi connectivity index (χ1) is 21.5. The number of nitrogens with zero attached hydrogens (tertiary/aromatic N) is 5. The van der Waals surface area contributed by atoms with E-state index in [-0.39, 0.29) is 20.1 Å². The van der Waals surface area contributed by atoms with Crippen LogP contribution in [0.25, 0.3) is 61.4 Å². The molecule has 6 nitrogen and oxygen atoms in total. The quantitative estimate of drug-likeness (QED) is 0.168. The molecule has 217 valence electrons. The minimum absolute atomic E-state index is 0. The predicted molar refractivity (Wildman–Crippen MR) is 171 cm³/mol. The Morgan fingerprint density at radius 3 is 2.45 bits per heavy atom. The van der Waals surface area contributed by atoms with Crippen molar-refractivity contribution < 1.29 is 25.9 Å². The molecular formula is C37H27IrN5O-2. The molecular weight excluding hydrogens is 723 g/mol. The SMILES string of the molecule is [2H]C(C)(C)c1ccc2c(c1)oc1c(-c3nc4cncnc4n3-c3ccccc3)[c-]ccc12.[Ir].[c-]1ccccc1-c1ccccn1. The first kappa shape index (κ1) is 27.8. The molecule has 0 amide bonds. The van der Waals surface area contributed by atoms with Gasteiger partial charge in [0, 0.05) is 38.7 Å². The molecule has 8 aromatic rings. The number of hydrogen-bond donors (Lipinski definition) is 0. The van der Waals surface area contributed by atoms with Gasteiger partial charge in [-0.15, -0.1) is 54.1 Å². The monoisotopic (exact) mass is 751 g/mol. The van der Waals surface area contributed by atoms with E-state index in [9.17, 15) is 0 Å². The maximum absolute atomic E-state index is 8.37. The van der Waals surface area contributed by atoms with E-state index in [4.69, 9.17) is 10.8 Å². The van der Waals surface area contributed by atoms with Crippen molar-refractivity contribution in [2.75, 3.05) is 0 Å². The molecule has 0 N–H and O–H groups in total. The van der Waals surface area contributed by atoms with Gasteiger partial charge in [-0.3, -0.25) is 4.98 Å². The third-order valence-electron chi connectivity index (χ3n) is 7.22. The number of pyridine rings is 1. The molecule has 0 aliphatic rings. The third-order valence-corrected chi connectivity index (χ3v) is 7.22. The topological polar surface area (TPSA) is 69.6 Å². The van der Waals surface area contributed by atoms with Crippen molar-refractivity contribution in [2.24, 2.45) is 0 Å². The zero-order chi connectivity index (χ0) is 30.1. The van der Waals surface area contributed by atoms with Crippen LogP contribution in [0.1, 0.15) is 26.7 Å². The van der Waals surface area contributed by atoms with E-state index in [1.54, 1.807) is 12.4 Å². The van der Waals surface area contributed by atoms with E-state index in [0.29, 0.717) is 16.9 Å².